The van der Waals surface area contributed by atoms with Crippen LogP contribution in [-0.2, 0) is 4.79 Å². The molecule has 0 spiro atoms. The molecule has 20 heavy (non-hydrogen) atoms. The van der Waals surface area contributed by atoms with Crippen LogP contribution in [0.4, 0.5) is 5.69 Å². The van der Waals surface area contributed by atoms with Gasteiger partial charge in [0.15, 0.2) is 5.75 Å². The number of nitrogens with one attached hydrogen (secondary N) is 1. The van der Waals surface area contributed by atoms with E-state index in [1.807, 2.05) is 18.2 Å². The molecule has 0 saturated carbocycles. The first-order valence-corrected chi connectivity index (χ1v) is 6.34. The van der Waals surface area contributed by atoms with Gasteiger partial charge in [-0.3, -0.25) is 4.79 Å². The number of anilines is 1. The number of carbonyl (C=O) groups is 1. The van der Waals surface area contributed by atoms with Crippen LogP contribution >= 0.6 is 11.6 Å². The monoisotopic (exact) mass is 288 g/mol. The number of rotatable bonds is 5. The number of pyridine rings is 1. The van der Waals surface area contributed by atoms with Crippen LogP contribution in [-0.4, -0.2) is 18.3 Å². The fourth-order valence-electron chi connectivity index (χ4n) is 1.76. The molecule has 1 aromatic carbocycles. The third kappa shape index (κ3) is 3.36. The Morgan fingerprint density at radius 3 is 2.90 bits per heavy atom. The Morgan fingerprint density at radius 1 is 1.35 bits per heavy atom. The summed E-state index contributed by atoms with van der Waals surface area (Å²) < 4.78 is 5.79. The van der Waals surface area contributed by atoms with Crippen molar-refractivity contribution in [3.8, 4) is 11.5 Å². The summed E-state index contributed by atoms with van der Waals surface area (Å²) in [5, 5.41) is 3.43. The van der Waals surface area contributed by atoms with Crippen LogP contribution in [0.3, 0.4) is 0 Å². The van der Waals surface area contributed by atoms with Crippen molar-refractivity contribution in [2.45, 2.75) is 0 Å². The Kier molecular flexibility index (Phi) is 4.74. The van der Waals surface area contributed by atoms with Crippen LogP contribution < -0.4 is 10.1 Å². The predicted octanol–water partition coefficient (Wildman–Crippen LogP) is 3.78. The van der Waals surface area contributed by atoms with E-state index in [2.05, 4.69) is 10.3 Å². The molecule has 0 aliphatic carbocycles. The van der Waals surface area contributed by atoms with Gasteiger partial charge in [0.1, 0.15) is 17.2 Å². The lowest BCUT2D eigenvalue weighted by Crippen LogP contribution is -1.96. The van der Waals surface area contributed by atoms with Crippen molar-refractivity contribution in [2.75, 3.05) is 12.4 Å². The largest absolute Gasteiger partial charge is 0.455 e. The van der Waals surface area contributed by atoms with E-state index in [-0.39, 0.29) is 0 Å². The molecule has 102 valence electrons. The number of benzene rings is 1. The molecule has 1 aromatic heterocycles. The van der Waals surface area contributed by atoms with E-state index in [4.69, 9.17) is 16.3 Å². The molecule has 0 saturated heterocycles. The van der Waals surface area contributed by atoms with Gasteiger partial charge in [0, 0.05) is 24.9 Å². The van der Waals surface area contributed by atoms with Crippen molar-refractivity contribution in [1.29, 1.82) is 0 Å². The maximum Gasteiger partial charge on any atom is 0.151 e. The van der Waals surface area contributed by atoms with Crippen molar-refractivity contribution >= 4 is 29.7 Å². The number of hydrogen-bond acceptors (Lipinski definition) is 4. The zero-order chi connectivity index (χ0) is 14.4. The quantitative estimate of drug-likeness (QED) is 0.517. The number of carbonyl (C=O) groups excluding carboxylic acids is 1. The van der Waals surface area contributed by atoms with Gasteiger partial charge in [-0.25, -0.2) is 4.98 Å². The molecule has 2 rings (SSSR count). The summed E-state index contributed by atoms with van der Waals surface area (Å²) in [5.74, 6) is 1.24. The molecular weight excluding hydrogens is 276 g/mol. The Hall–Kier alpha value is -2.33. The molecule has 0 atom stereocenters. The van der Waals surface area contributed by atoms with Gasteiger partial charge in [-0.15, -0.1) is 0 Å². The lowest BCUT2D eigenvalue weighted by Gasteiger charge is -2.13. The summed E-state index contributed by atoms with van der Waals surface area (Å²) in [5.41, 5.74) is 1.65. The van der Waals surface area contributed by atoms with E-state index < -0.39 is 0 Å². The molecule has 5 heteroatoms. The normalized spacial score (nSPS) is 10.5. The molecule has 0 aliphatic rings. The first-order chi connectivity index (χ1) is 9.74. The van der Waals surface area contributed by atoms with Crippen molar-refractivity contribution in [3.05, 3.63) is 53.3 Å². The van der Waals surface area contributed by atoms with Crippen LogP contribution in [0.2, 0.25) is 5.15 Å². The van der Waals surface area contributed by atoms with Crippen LogP contribution in [0.15, 0.2) is 42.6 Å². The van der Waals surface area contributed by atoms with Gasteiger partial charge < -0.3 is 10.1 Å². The average molecular weight is 289 g/mol. The van der Waals surface area contributed by atoms with E-state index in [0.717, 1.165) is 17.5 Å². The van der Waals surface area contributed by atoms with E-state index in [1.54, 1.807) is 31.5 Å². The summed E-state index contributed by atoms with van der Waals surface area (Å²) in [6.07, 6.45) is 5.46. The summed E-state index contributed by atoms with van der Waals surface area (Å²) in [6, 6.07) is 8.92. The van der Waals surface area contributed by atoms with Gasteiger partial charge in [-0.2, -0.15) is 0 Å². The summed E-state index contributed by atoms with van der Waals surface area (Å²) >= 11 is 5.83. The maximum absolute atomic E-state index is 10.4. The number of para-hydroxylation sites is 1. The second-order valence-electron chi connectivity index (χ2n) is 3.88. The molecule has 0 amide bonds. The van der Waals surface area contributed by atoms with E-state index in [9.17, 15) is 4.79 Å². The minimum atomic E-state index is 0.366. The first-order valence-electron chi connectivity index (χ1n) is 5.96. The fraction of sp³-hybridized carbons (Fsp3) is 0.0667. The number of nitrogens with zero attached hydrogens (tertiary/aromatic N) is 1. The highest BCUT2D eigenvalue weighted by Crippen LogP contribution is 2.33. The summed E-state index contributed by atoms with van der Waals surface area (Å²) in [4.78, 5) is 14.3. The number of halogens is 1. The average Bonchev–Trinajstić information content (AvgIpc) is 2.45. The minimum absolute atomic E-state index is 0.366. The molecule has 1 N–H and O–H groups in total. The Labute approximate surface area is 122 Å². The molecule has 2 aromatic rings. The van der Waals surface area contributed by atoms with Gasteiger partial charge >= 0.3 is 0 Å². The van der Waals surface area contributed by atoms with Crippen molar-refractivity contribution in [3.63, 3.8) is 0 Å². The third-order valence-electron chi connectivity index (χ3n) is 2.59. The zero-order valence-electron chi connectivity index (χ0n) is 10.8. The van der Waals surface area contributed by atoms with Gasteiger partial charge in [-0.05, 0) is 24.3 Å². The highest BCUT2D eigenvalue weighted by molar-refractivity contribution is 6.29. The highest BCUT2D eigenvalue weighted by atomic mass is 35.5. The van der Waals surface area contributed by atoms with Crippen LogP contribution in [0.25, 0.3) is 6.08 Å². The predicted molar refractivity (Wildman–Crippen MR) is 80.4 cm³/mol. The first kappa shape index (κ1) is 14.1. The second-order valence-corrected chi connectivity index (χ2v) is 4.27. The minimum Gasteiger partial charge on any atom is -0.455 e. The summed E-state index contributed by atoms with van der Waals surface area (Å²) in [7, 11) is 1.79. The standard InChI is InChI=1S/C15H13ClN2O2/c1-17-15-11(5-3-9-19)4-2-6-13(15)20-12-7-8-18-14(16)10-12/h2-10,17H,1H3/b5-3+. The molecule has 0 radical (unpaired) electrons. The maximum atomic E-state index is 10.4. The second kappa shape index (κ2) is 6.73. The van der Waals surface area contributed by atoms with E-state index >= 15 is 0 Å². The smallest absolute Gasteiger partial charge is 0.151 e. The topological polar surface area (TPSA) is 51.2 Å². The Bertz CT molecular complexity index is 642. The molecule has 0 aliphatic heterocycles. The molecule has 0 bridgehead atoms. The third-order valence-corrected chi connectivity index (χ3v) is 2.80. The Morgan fingerprint density at radius 2 is 2.20 bits per heavy atom. The zero-order valence-corrected chi connectivity index (χ0v) is 11.6. The molecule has 1 heterocycles. The number of aldehydes is 1. The molecular formula is C15H13ClN2O2. The highest BCUT2D eigenvalue weighted by Gasteiger charge is 2.07. The molecule has 0 fully saturated rings. The fourth-order valence-corrected chi connectivity index (χ4v) is 1.92. The summed E-state index contributed by atoms with van der Waals surface area (Å²) in [6.45, 7) is 0. The van der Waals surface area contributed by atoms with Crippen LogP contribution in [0.5, 0.6) is 11.5 Å². The number of allylic oxidation sites excluding steroid dienone is 1. The number of aromatic nitrogens is 1. The van der Waals surface area contributed by atoms with Crippen LogP contribution in [0.1, 0.15) is 5.56 Å². The van der Waals surface area contributed by atoms with Crippen molar-refractivity contribution in [1.82, 2.24) is 4.98 Å². The molecule has 4 nitrogen and oxygen atoms in total. The van der Waals surface area contributed by atoms with Gasteiger partial charge in [-0.1, -0.05) is 23.7 Å². The SMILES string of the molecule is CNc1c(/C=C/C=O)cccc1Oc1ccnc(Cl)c1. The number of ether oxygens (including phenoxy) is 1. The van der Waals surface area contributed by atoms with Crippen LogP contribution in [0, 0.1) is 0 Å². The van der Waals surface area contributed by atoms with Gasteiger partial charge in [0.05, 0.1) is 5.69 Å². The van der Waals surface area contributed by atoms with Gasteiger partial charge in [0.2, 0.25) is 0 Å². The lowest BCUT2D eigenvalue weighted by molar-refractivity contribution is -0.104. The van der Waals surface area contributed by atoms with Crippen molar-refractivity contribution < 1.29 is 9.53 Å². The van der Waals surface area contributed by atoms with E-state index in [0.29, 0.717) is 16.7 Å². The van der Waals surface area contributed by atoms with Gasteiger partial charge in [0.25, 0.3) is 0 Å². The lowest BCUT2D eigenvalue weighted by atomic mass is 10.1. The van der Waals surface area contributed by atoms with E-state index in [1.165, 1.54) is 6.08 Å². The Balaban J connectivity index is 2.36. The number of hydrogen-bond donors (Lipinski definition) is 1. The van der Waals surface area contributed by atoms with Crippen molar-refractivity contribution in [2.24, 2.45) is 0 Å². The molecule has 0 unspecified atom stereocenters.